The Hall–Kier alpha value is -1.10. The van der Waals surface area contributed by atoms with Crippen molar-refractivity contribution in [3.05, 3.63) is 10.6 Å². The Morgan fingerprint density at radius 1 is 1.30 bits per heavy atom. The number of aromatic nitrogens is 1. The first-order valence-corrected chi connectivity index (χ1v) is 8.34. The van der Waals surface area contributed by atoms with Gasteiger partial charge in [-0.25, -0.2) is 9.78 Å². The van der Waals surface area contributed by atoms with Crippen molar-refractivity contribution in [1.82, 2.24) is 4.98 Å². The highest BCUT2D eigenvalue weighted by Crippen LogP contribution is 2.39. The summed E-state index contributed by atoms with van der Waals surface area (Å²) >= 11 is 1.63. The molecule has 1 aromatic heterocycles. The minimum Gasteiger partial charge on any atom is -0.464 e. The molecule has 1 aliphatic heterocycles. The van der Waals surface area contributed by atoms with Crippen LogP contribution in [-0.4, -0.2) is 30.6 Å². The van der Waals surface area contributed by atoms with Crippen LogP contribution in [0.5, 0.6) is 0 Å². The quantitative estimate of drug-likeness (QED) is 0.801. The monoisotopic (exact) mass is 294 g/mol. The number of rotatable bonds is 3. The van der Waals surface area contributed by atoms with Crippen LogP contribution < -0.4 is 4.90 Å². The smallest absolute Gasteiger partial charge is 0.357 e. The maximum absolute atomic E-state index is 11.7. The van der Waals surface area contributed by atoms with Gasteiger partial charge in [-0.1, -0.05) is 12.8 Å². The van der Waals surface area contributed by atoms with E-state index in [1.165, 1.54) is 45.6 Å². The van der Waals surface area contributed by atoms with Crippen LogP contribution in [-0.2, 0) is 4.74 Å². The normalized spacial score (nSPS) is 23.5. The molecule has 2 fully saturated rings. The van der Waals surface area contributed by atoms with E-state index in [0.29, 0.717) is 11.7 Å². The standard InChI is InChI=1S/C15H22N2O2S/c1-10-13(14(18)19-2)16-15(20-10)17-9-5-8-12(17)11-6-3-4-7-11/h11-12H,3-9H2,1-2H3. The van der Waals surface area contributed by atoms with Crippen molar-refractivity contribution in [3.63, 3.8) is 0 Å². The van der Waals surface area contributed by atoms with E-state index in [1.807, 2.05) is 6.92 Å². The maximum Gasteiger partial charge on any atom is 0.357 e. The third kappa shape index (κ3) is 2.43. The lowest BCUT2D eigenvalue weighted by atomic mass is 9.96. The number of aryl methyl sites for hydroxylation is 1. The van der Waals surface area contributed by atoms with Gasteiger partial charge >= 0.3 is 5.97 Å². The largest absolute Gasteiger partial charge is 0.464 e. The summed E-state index contributed by atoms with van der Waals surface area (Å²) in [7, 11) is 1.41. The molecule has 20 heavy (non-hydrogen) atoms. The van der Waals surface area contributed by atoms with Gasteiger partial charge in [0.05, 0.1) is 7.11 Å². The number of methoxy groups -OCH3 is 1. The van der Waals surface area contributed by atoms with Crippen LogP contribution in [0.15, 0.2) is 0 Å². The minimum atomic E-state index is -0.318. The van der Waals surface area contributed by atoms with Gasteiger partial charge in [0.2, 0.25) is 0 Å². The second kappa shape index (κ2) is 5.72. The third-order valence-corrected chi connectivity index (χ3v) is 5.66. The van der Waals surface area contributed by atoms with E-state index in [4.69, 9.17) is 4.74 Å². The maximum atomic E-state index is 11.7. The number of esters is 1. The molecule has 4 nitrogen and oxygen atoms in total. The molecule has 0 N–H and O–H groups in total. The molecule has 1 atom stereocenters. The molecule has 2 heterocycles. The zero-order valence-electron chi connectivity index (χ0n) is 12.2. The lowest BCUT2D eigenvalue weighted by Gasteiger charge is -2.29. The van der Waals surface area contributed by atoms with Gasteiger partial charge in [0.1, 0.15) is 0 Å². The third-order valence-electron chi connectivity index (χ3n) is 4.65. The first kappa shape index (κ1) is 13.9. The fourth-order valence-electron chi connectivity index (χ4n) is 3.65. The Labute approximate surface area is 124 Å². The Bertz CT molecular complexity index is 494. The zero-order chi connectivity index (χ0) is 14.1. The van der Waals surface area contributed by atoms with Crippen LogP contribution in [0.2, 0.25) is 0 Å². The predicted octanol–water partition coefficient (Wildman–Crippen LogP) is 3.40. The van der Waals surface area contributed by atoms with Gasteiger partial charge < -0.3 is 9.64 Å². The van der Waals surface area contributed by atoms with E-state index in [1.54, 1.807) is 11.3 Å². The number of ether oxygens (including phenoxy) is 1. The minimum absolute atomic E-state index is 0.318. The van der Waals surface area contributed by atoms with E-state index in [9.17, 15) is 4.79 Å². The molecule has 0 radical (unpaired) electrons. The van der Waals surface area contributed by atoms with E-state index >= 15 is 0 Å². The molecule has 1 saturated heterocycles. The molecular formula is C15H22N2O2S. The number of carbonyl (C=O) groups excluding carboxylic acids is 1. The topological polar surface area (TPSA) is 42.4 Å². The first-order chi connectivity index (χ1) is 9.70. The summed E-state index contributed by atoms with van der Waals surface area (Å²) in [5.41, 5.74) is 0.490. The lowest BCUT2D eigenvalue weighted by Crippen LogP contribution is -2.34. The number of carbonyl (C=O) groups is 1. The van der Waals surface area contributed by atoms with Crippen molar-refractivity contribution in [2.75, 3.05) is 18.6 Å². The predicted molar refractivity (Wildman–Crippen MR) is 80.5 cm³/mol. The van der Waals surface area contributed by atoms with Crippen molar-refractivity contribution in [2.45, 2.75) is 51.5 Å². The van der Waals surface area contributed by atoms with Gasteiger partial charge in [0.15, 0.2) is 10.8 Å². The summed E-state index contributed by atoms with van der Waals surface area (Å²) in [4.78, 5) is 19.7. The Kier molecular flexibility index (Phi) is 3.96. The van der Waals surface area contributed by atoms with Crippen molar-refractivity contribution >= 4 is 22.4 Å². The molecule has 0 bridgehead atoms. The lowest BCUT2D eigenvalue weighted by molar-refractivity contribution is 0.0594. The van der Waals surface area contributed by atoms with Crippen LogP contribution in [0.4, 0.5) is 5.13 Å². The summed E-state index contributed by atoms with van der Waals surface area (Å²) < 4.78 is 4.81. The Morgan fingerprint density at radius 3 is 2.75 bits per heavy atom. The summed E-state index contributed by atoms with van der Waals surface area (Å²) in [5, 5.41) is 1.01. The van der Waals surface area contributed by atoms with Crippen LogP contribution in [0, 0.1) is 12.8 Å². The molecule has 1 aromatic rings. The number of thiazole rings is 1. The van der Waals surface area contributed by atoms with Gasteiger partial charge in [-0.2, -0.15) is 0 Å². The van der Waals surface area contributed by atoms with E-state index in [2.05, 4.69) is 9.88 Å². The van der Waals surface area contributed by atoms with Crippen LogP contribution in [0.25, 0.3) is 0 Å². The molecular weight excluding hydrogens is 272 g/mol. The summed E-state index contributed by atoms with van der Waals surface area (Å²) in [6.07, 6.45) is 7.98. The number of hydrogen-bond acceptors (Lipinski definition) is 5. The van der Waals surface area contributed by atoms with E-state index in [0.717, 1.165) is 22.5 Å². The molecule has 1 aliphatic carbocycles. The van der Waals surface area contributed by atoms with Gasteiger partial charge in [-0.15, -0.1) is 11.3 Å². The van der Waals surface area contributed by atoms with Crippen LogP contribution in [0.3, 0.4) is 0 Å². The van der Waals surface area contributed by atoms with Gasteiger partial charge in [0.25, 0.3) is 0 Å². The van der Waals surface area contributed by atoms with Gasteiger partial charge in [-0.05, 0) is 38.5 Å². The number of nitrogens with zero attached hydrogens (tertiary/aromatic N) is 2. The molecule has 3 rings (SSSR count). The summed E-state index contributed by atoms with van der Waals surface area (Å²) in [5.74, 6) is 0.505. The number of anilines is 1. The summed E-state index contributed by atoms with van der Waals surface area (Å²) in [6.45, 7) is 3.03. The second-order valence-corrected chi connectivity index (χ2v) is 7.02. The highest BCUT2D eigenvalue weighted by atomic mass is 32.1. The first-order valence-electron chi connectivity index (χ1n) is 7.53. The molecule has 0 amide bonds. The fourth-order valence-corrected chi connectivity index (χ4v) is 4.63. The fraction of sp³-hybridized carbons (Fsp3) is 0.733. The Morgan fingerprint density at radius 2 is 2.05 bits per heavy atom. The average Bonchev–Trinajstić information content (AvgIpc) is 3.16. The zero-order valence-corrected chi connectivity index (χ0v) is 13.0. The summed E-state index contributed by atoms with van der Waals surface area (Å²) in [6, 6.07) is 0.633. The molecule has 1 saturated carbocycles. The SMILES string of the molecule is COC(=O)c1nc(N2CCCC2C2CCCC2)sc1C. The van der Waals surface area contributed by atoms with Crippen molar-refractivity contribution in [2.24, 2.45) is 5.92 Å². The molecule has 0 spiro atoms. The van der Waals surface area contributed by atoms with Crippen molar-refractivity contribution in [3.8, 4) is 0 Å². The van der Waals surface area contributed by atoms with Crippen molar-refractivity contribution < 1.29 is 9.53 Å². The highest BCUT2D eigenvalue weighted by Gasteiger charge is 2.35. The molecule has 0 aromatic carbocycles. The van der Waals surface area contributed by atoms with E-state index in [-0.39, 0.29) is 5.97 Å². The van der Waals surface area contributed by atoms with Crippen LogP contribution >= 0.6 is 11.3 Å². The van der Waals surface area contributed by atoms with Crippen LogP contribution in [0.1, 0.15) is 53.9 Å². The highest BCUT2D eigenvalue weighted by molar-refractivity contribution is 7.15. The van der Waals surface area contributed by atoms with Gasteiger partial charge in [0, 0.05) is 17.5 Å². The van der Waals surface area contributed by atoms with E-state index < -0.39 is 0 Å². The second-order valence-electron chi connectivity index (χ2n) is 5.84. The van der Waals surface area contributed by atoms with Gasteiger partial charge in [-0.3, -0.25) is 0 Å². The molecule has 1 unspecified atom stereocenters. The molecule has 5 heteroatoms. The molecule has 2 aliphatic rings. The van der Waals surface area contributed by atoms with Crippen molar-refractivity contribution in [1.29, 1.82) is 0 Å². The average molecular weight is 294 g/mol. The molecule has 110 valence electrons. The Balaban J connectivity index is 1.82. The number of hydrogen-bond donors (Lipinski definition) is 0.